The molecule has 1 aliphatic rings. The van der Waals surface area contributed by atoms with Crippen LogP contribution in [0, 0.1) is 0 Å². The van der Waals surface area contributed by atoms with Crippen molar-refractivity contribution in [2.24, 2.45) is 0 Å². The monoisotopic (exact) mass is 353 g/mol. The lowest BCUT2D eigenvalue weighted by Gasteiger charge is -2.25. The molecule has 0 aromatic heterocycles. The van der Waals surface area contributed by atoms with Gasteiger partial charge in [0.2, 0.25) is 0 Å². The van der Waals surface area contributed by atoms with Gasteiger partial charge in [-0.2, -0.15) is 0 Å². The second kappa shape index (κ2) is 7.60. The van der Waals surface area contributed by atoms with Gasteiger partial charge in [-0.25, -0.2) is 4.79 Å². The summed E-state index contributed by atoms with van der Waals surface area (Å²) >= 11 is 0. The number of anilines is 1. The molecule has 26 heavy (non-hydrogen) atoms. The fraction of sp³-hybridized carbons (Fsp3) is 0.333. The molecule has 1 heterocycles. The number of ether oxygens (including phenoxy) is 2. The Morgan fingerprint density at radius 3 is 2.62 bits per heavy atom. The van der Waals surface area contributed by atoms with Crippen molar-refractivity contribution in [1.29, 1.82) is 0 Å². The summed E-state index contributed by atoms with van der Waals surface area (Å²) in [5, 5.41) is 2.80. The van der Waals surface area contributed by atoms with Crippen molar-refractivity contribution >= 4 is 17.6 Å². The van der Waals surface area contributed by atoms with Gasteiger partial charge in [0.25, 0.3) is 5.91 Å². The van der Waals surface area contributed by atoms with Crippen molar-refractivity contribution < 1.29 is 19.1 Å². The topological polar surface area (TPSA) is 64.6 Å². The average Bonchev–Trinajstić information content (AvgIpc) is 2.63. The minimum atomic E-state index is -0.830. The molecule has 1 unspecified atom stereocenters. The molecule has 5 nitrogen and oxygen atoms in total. The standard InChI is InChI=1S/C21H23NO4/c1-4-25-17-8-6-16(7-9-17)22-20(23)19-12-15-11-14(13(2)3)5-10-18(15)21(24)26-19/h5-11,13,19H,4,12H2,1-3H3,(H,22,23). The van der Waals surface area contributed by atoms with Gasteiger partial charge in [-0.05, 0) is 54.3 Å². The molecule has 0 fully saturated rings. The minimum Gasteiger partial charge on any atom is -0.494 e. The third-order valence-electron chi connectivity index (χ3n) is 4.40. The fourth-order valence-corrected chi connectivity index (χ4v) is 2.95. The predicted molar refractivity (Wildman–Crippen MR) is 99.7 cm³/mol. The van der Waals surface area contributed by atoms with Crippen LogP contribution in [0.2, 0.25) is 0 Å². The van der Waals surface area contributed by atoms with Crippen molar-refractivity contribution in [3.8, 4) is 5.75 Å². The summed E-state index contributed by atoms with van der Waals surface area (Å²) in [6.07, 6.45) is -0.450. The first-order valence-corrected chi connectivity index (χ1v) is 8.85. The molecule has 1 amide bonds. The highest BCUT2D eigenvalue weighted by Crippen LogP contribution is 2.26. The van der Waals surface area contributed by atoms with Gasteiger partial charge in [-0.15, -0.1) is 0 Å². The molecule has 0 aliphatic carbocycles. The highest BCUT2D eigenvalue weighted by molar-refractivity contribution is 6.00. The van der Waals surface area contributed by atoms with E-state index >= 15 is 0 Å². The lowest BCUT2D eigenvalue weighted by atomic mass is 9.92. The first-order chi connectivity index (χ1) is 12.5. The van der Waals surface area contributed by atoms with Crippen LogP contribution in [0.5, 0.6) is 5.75 Å². The molecule has 2 aromatic rings. The number of nitrogens with one attached hydrogen (secondary N) is 1. The Bertz CT molecular complexity index is 811. The SMILES string of the molecule is CCOc1ccc(NC(=O)C2Cc3cc(C(C)C)ccc3C(=O)O2)cc1. The van der Waals surface area contributed by atoms with E-state index in [1.54, 1.807) is 30.3 Å². The van der Waals surface area contributed by atoms with Crippen molar-refractivity contribution in [1.82, 2.24) is 0 Å². The molecule has 1 aliphatic heterocycles. The Labute approximate surface area is 153 Å². The van der Waals surface area contributed by atoms with Gasteiger partial charge in [0.15, 0.2) is 6.10 Å². The number of amides is 1. The Kier molecular flexibility index (Phi) is 5.26. The maximum atomic E-state index is 12.5. The van der Waals surface area contributed by atoms with E-state index in [9.17, 15) is 9.59 Å². The lowest BCUT2D eigenvalue weighted by Crippen LogP contribution is -2.38. The molecule has 0 saturated heterocycles. The van der Waals surface area contributed by atoms with Gasteiger partial charge in [-0.3, -0.25) is 4.79 Å². The maximum Gasteiger partial charge on any atom is 0.339 e. The molecule has 2 aromatic carbocycles. The maximum absolute atomic E-state index is 12.5. The third-order valence-corrected chi connectivity index (χ3v) is 4.40. The number of cyclic esters (lactones) is 1. The molecular weight excluding hydrogens is 330 g/mol. The third kappa shape index (κ3) is 3.87. The number of esters is 1. The Morgan fingerprint density at radius 2 is 1.96 bits per heavy atom. The van der Waals surface area contributed by atoms with E-state index < -0.39 is 12.1 Å². The Hall–Kier alpha value is -2.82. The summed E-state index contributed by atoms with van der Waals surface area (Å²) in [5.41, 5.74) is 3.18. The second-order valence-electron chi connectivity index (χ2n) is 6.62. The summed E-state index contributed by atoms with van der Waals surface area (Å²) in [5.74, 6) is 0.315. The molecule has 3 rings (SSSR count). The molecule has 5 heteroatoms. The minimum absolute atomic E-state index is 0.330. The Balaban J connectivity index is 1.72. The molecule has 1 atom stereocenters. The van der Waals surface area contributed by atoms with E-state index in [1.165, 1.54) is 0 Å². The van der Waals surface area contributed by atoms with E-state index in [4.69, 9.17) is 9.47 Å². The van der Waals surface area contributed by atoms with Crippen LogP contribution in [0.4, 0.5) is 5.69 Å². The number of rotatable bonds is 5. The first kappa shape index (κ1) is 18.0. The van der Waals surface area contributed by atoms with Crippen molar-refractivity contribution in [2.75, 3.05) is 11.9 Å². The second-order valence-corrected chi connectivity index (χ2v) is 6.62. The fourth-order valence-electron chi connectivity index (χ4n) is 2.95. The summed E-state index contributed by atoms with van der Waals surface area (Å²) in [6, 6.07) is 12.8. The highest BCUT2D eigenvalue weighted by Gasteiger charge is 2.31. The van der Waals surface area contributed by atoms with Gasteiger partial charge in [0.1, 0.15) is 5.75 Å². The first-order valence-electron chi connectivity index (χ1n) is 8.85. The lowest BCUT2D eigenvalue weighted by molar-refractivity contribution is -0.125. The Morgan fingerprint density at radius 1 is 1.23 bits per heavy atom. The van der Waals surface area contributed by atoms with Crippen LogP contribution in [-0.4, -0.2) is 24.6 Å². The average molecular weight is 353 g/mol. The van der Waals surface area contributed by atoms with E-state index in [0.29, 0.717) is 30.2 Å². The van der Waals surface area contributed by atoms with Crippen molar-refractivity contribution in [3.63, 3.8) is 0 Å². The van der Waals surface area contributed by atoms with Crippen LogP contribution in [0.25, 0.3) is 0 Å². The summed E-state index contributed by atoms with van der Waals surface area (Å²) in [4.78, 5) is 24.8. The number of benzene rings is 2. The number of fused-ring (bicyclic) bond motifs is 1. The van der Waals surface area contributed by atoms with E-state index in [2.05, 4.69) is 19.2 Å². The van der Waals surface area contributed by atoms with Gasteiger partial charge >= 0.3 is 5.97 Å². The molecule has 1 N–H and O–H groups in total. The van der Waals surface area contributed by atoms with E-state index in [1.807, 2.05) is 19.1 Å². The van der Waals surface area contributed by atoms with Crippen LogP contribution in [0.3, 0.4) is 0 Å². The highest BCUT2D eigenvalue weighted by atomic mass is 16.5. The van der Waals surface area contributed by atoms with Crippen molar-refractivity contribution in [3.05, 3.63) is 59.2 Å². The van der Waals surface area contributed by atoms with E-state index in [-0.39, 0.29) is 5.91 Å². The molecule has 0 bridgehead atoms. The molecule has 0 saturated carbocycles. The van der Waals surface area contributed by atoms with Crippen LogP contribution in [0.1, 0.15) is 48.2 Å². The largest absolute Gasteiger partial charge is 0.494 e. The number of carbonyl (C=O) groups is 2. The zero-order valence-corrected chi connectivity index (χ0v) is 15.2. The predicted octanol–water partition coefficient (Wildman–Crippen LogP) is 3.93. The van der Waals surface area contributed by atoms with Gasteiger partial charge < -0.3 is 14.8 Å². The zero-order valence-electron chi connectivity index (χ0n) is 15.2. The van der Waals surface area contributed by atoms with Gasteiger partial charge in [0.05, 0.1) is 12.2 Å². The number of hydrogen-bond donors (Lipinski definition) is 1. The van der Waals surface area contributed by atoms with Crippen LogP contribution in [0.15, 0.2) is 42.5 Å². The van der Waals surface area contributed by atoms with Gasteiger partial charge in [0, 0.05) is 12.1 Å². The zero-order chi connectivity index (χ0) is 18.7. The smallest absolute Gasteiger partial charge is 0.339 e. The van der Waals surface area contributed by atoms with Crippen molar-refractivity contribution in [2.45, 2.75) is 39.2 Å². The number of carbonyl (C=O) groups excluding carboxylic acids is 2. The van der Waals surface area contributed by atoms with Gasteiger partial charge in [-0.1, -0.05) is 26.0 Å². The quantitative estimate of drug-likeness (QED) is 0.827. The summed E-state index contributed by atoms with van der Waals surface area (Å²) in [6.45, 7) is 6.69. The molecular formula is C21H23NO4. The molecule has 136 valence electrons. The van der Waals surface area contributed by atoms with Crippen LogP contribution in [-0.2, 0) is 16.0 Å². The van der Waals surface area contributed by atoms with Crippen LogP contribution >= 0.6 is 0 Å². The van der Waals surface area contributed by atoms with Crippen LogP contribution < -0.4 is 10.1 Å². The number of hydrogen-bond acceptors (Lipinski definition) is 4. The normalized spacial score (nSPS) is 16.0. The molecule has 0 spiro atoms. The van der Waals surface area contributed by atoms with E-state index in [0.717, 1.165) is 16.9 Å². The summed E-state index contributed by atoms with van der Waals surface area (Å²) in [7, 11) is 0. The molecule has 0 radical (unpaired) electrons. The summed E-state index contributed by atoms with van der Waals surface area (Å²) < 4.78 is 10.7.